The van der Waals surface area contributed by atoms with Gasteiger partial charge in [-0.2, -0.15) is 17.0 Å². The molecule has 1 aromatic rings. The molecule has 3 rings (SSSR count). The summed E-state index contributed by atoms with van der Waals surface area (Å²) in [7, 11) is -3.57. The van der Waals surface area contributed by atoms with Gasteiger partial charge in [0.2, 0.25) is 5.91 Å². The van der Waals surface area contributed by atoms with Crippen molar-refractivity contribution in [2.45, 2.75) is 32.9 Å². The molecule has 2 aliphatic heterocycles. The zero-order chi connectivity index (χ0) is 23.8. The molecule has 1 N–H and O–H groups in total. The van der Waals surface area contributed by atoms with Crippen LogP contribution in [-0.2, 0) is 31.1 Å². The zero-order valence-electron chi connectivity index (χ0n) is 19.3. The number of carbonyl (C=O) groups is 2. The fourth-order valence-corrected chi connectivity index (χ4v) is 5.41. The summed E-state index contributed by atoms with van der Waals surface area (Å²) < 4.78 is 39.1. The molecule has 0 aromatic heterocycles. The van der Waals surface area contributed by atoms with E-state index in [1.54, 1.807) is 4.90 Å². The third kappa shape index (κ3) is 6.66. The first-order chi connectivity index (χ1) is 15.8. The van der Waals surface area contributed by atoms with Crippen molar-refractivity contribution in [3.8, 4) is 0 Å². The Balaban J connectivity index is 1.55. The van der Waals surface area contributed by atoms with Gasteiger partial charge in [0.25, 0.3) is 10.2 Å². The summed E-state index contributed by atoms with van der Waals surface area (Å²) in [5.74, 6) is -0.318. The molecule has 0 aliphatic carbocycles. The molecule has 11 heteroatoms. The molecule has 184 valence electrons. The van der Waals surface area contributed by atoms with Gasteiger partial charge >= 0.3 is 6.09 Å². The second-order valence-electron chi connectivity index (χ2n) is 8.31. The summed E-state index contributed by atoms with van der Waals surface area (Å²) in [6.45, 7) is 6.42. The van der Waals surface area contributed by atoms with Crippen molar-refractivity contribution in [3.05, 3.63) is 35.9 Å². The number of piperazine rings is 1. The first-order valence-corrected chi connectivity index (χ1v) is 12.8. The van der Waals surface area contributed by atoms with E-state index >= 15 is 0 Å². The van der Waals surface area contributed by atoms with Crippen LogP contribution in [0.25, 0.3) is 0 Å². The SMILES string of the molecule is CC[C@H](C)[C@H](NC(=O)OCc1ccccc1)C(=O)N1CCN(S(=O)(=O)N2CCOCC2)CC1. The minimum atomic E-state index is -3.57. The smallest absolute Gasteiger partial charge is 0.408 e. The van der Waals surface area contributed by atoms with Crippen LogP contribution >= 0.6 is 0 Å². The predicted molar refractivity (Wildman–Crippen MR) is 122 cm³/mol. The maximum absolute atomic E-state index is 13.2. The molecule has 33 heavy (non-hydrogen) atoms. The van der Waals surface area contributed by atoms with E-state index in [0.29, 0.717) is 32.7 Å². The monoisotopic (exact) mass is 482 g/mol. The molecule has 0 unspecified atom stereocenters. The van der Waals surface area contributed by atoms with E-state index in [0.717, 1.165) is 5.56 Å². The molecular formula is C22H34N4O6S. The van der Waals surface area contributed by atoms with E-state index in [1.807, 2.05) is 44.2 Å². The number of carbonyl (C=O) groups excluding carboxylic acids is 2. The van der Waals surface area contributed by atoms with Crippen LogP contribution < -0.4 is 5.32 Å². The predicted octanol–water partition coefficient (Wildman–Crippen LogP) is 1.05. The molecule has 2 atom stereocenters. The summed E-state index contributed by atoms with van der Waals surface area (Å²) in [6.07, 6.45) is 0.0480. The Morgan fingerprint density at radius 1 is 1.03 bits per heavy atom. The van der Waals surface area contributed by atoms with Gasteiger partial charge in [0.1, 0.15) is 12.6 Å². The molecular weight excluding hydrogens is 448 g/mol. The van der Waals surface area contributed by atoms with E-state index in [-0.39, 0.29) is 44.6 Å². The van der Waals surface area contributed by atoms with Gasteiger partial charge in [0.05, 0.1) is 13.2 Å². The lowest BCUT2D eigenvalue weighted by Gasteiger charge is -2.39. The van der Waals surface area contributed by atoms with Crippen LogP contribution in [0.5, 0.6) is 0 Å². The minimum Gasteiger partial charge on any atom is -0.445 e. The quantitative estimate of drug-likeness (QED) is 0.593. The Bertz CT molecular complexity index is 883. The summed E-state index contributed by atoms with van der Waals surface area (Å²) in [5.41, 5.74) is 0.858. The molecule has 0 spiro atoms. The van der Waals surface area contributed by atoms with Crippen molar-refractivity contribution >= 4 is 22.2 Å². The van der Waals surface area contributed by atoms with Crippen molar-refractivity contribution in [3.63, 3.8) is 0 Å². The lowest BCUT2D eigenvalue weighted by Crippen LogP contribution is -2.59. The van der Waals surface area contributed by atoms with Gasteiger partial charge in [-0.05, 0) is 11.5 Å². The number of amides is 2. The molecule has 0 bridgehead atoms. The molecule has 10 nitrogen and oxygen atoms in total. The van der Waals surface area contributed by atoms with Crippen LogP contribution in [0.1, 0.15) is 25.8 Å². The Kier molecular flexibility index (Phi) is 9.07. The summed E-state index contributed by atoms with van der Waals surface area (Å²) in [4.78, 5) is 27.2. The zero-order valence-corrected chi connectivity index (χ0v) is 20.1. The molecule has 1 aromatic carbocycles. The number of rotatable bonds is 8. The van der Waals surface area contributed by atoms with Crippen LogP contribution in [-0.4, -0.2) is 92.5 Å². The molecule has 2 amide bonds. The van der Waals surface area contributed by atoms with Crippen molar-refractivity contribution in [1.82, 2.24) is 18.8 Å². The maximum Gasteiger partial charge on any atom is 0.408 e. The van der Waals surface area contributed by atoms with Crippen molar-refractivity contribution in [1.29, 1.82) is 0 Å². The lowest BCUT2D eigenvalue weighted by molar-refractivity contribution is -0.135. The third-order valence-electron chi connectivity index (χ3n) is 6.14. The van der Waals surface area contributed by atoms with Gasteiger partial charge in [0, 0.05) is 39.3 Å². The lowest BCUT2D eigenvalue weighted by atomic mass is 9.97. The Hall–Kier alpha value is -2.21. The Morgan fingerprint density at radius 3 is 2.24 bits per heavy atom. The van der Waals surface area contributed by atoms with Gasteiger partial charge < -0.3 is 19.7 Å². The fraction of sp³-hybridized carbons (Fsp3) is 0.636. The number of benzene rings is 1. The molecule has 0 radical (unpaired) electrons. The van der Waals surface area contributed by atoms with Gasteiger partial charge in [-0.3, -0.25) is 4.79 Å². The minimum absolute atomic E-state index is 0.100. The number of ether oxygens (including phenoxy) is 2. The standard InChI is InChI=1S/C22H34N4O6S/c1-3-18(2)20(23-22(28)32-17-19-7-5-4-6-8-19)21(27)24-9-11-25(12-10-24)33(29,30)26-13-15-31-16-14-26/h4-8,18,20H,3,9-17H2,1-2H3,(H,23,28)/t18-,20-/m0/s1. The Labute approximate surface area is 196 Å². The number of hydrogen-bond donors (Lipinski definition) is 1. The highest BCUT2D eigenvalue weighted by Crippen LogP contribution is 2.17. The van der Waals surface area contributed by atoms with E-state index in [2.05, 4.69) is 5.32 Å². The first-order valence-electron chi connectivity index (χ1n) is 11.4. The van der Waals surface area contributed by atoms with Gasteiger partial charge in [-0.15, -0.1) is 0 Å². The van der Waals surface area contributed by atoms with E-state index in [9.17, 15) is 18.0 Å². The van der Waals surface area contributed by atoms with Crippen molar-refractivity contribution in [2.75, 3.05) is 52.5 Å². The van der Waals surface area contributed by atoms with Crippen LogP contribution in [0.4, 0.5) is 4.79 Å². The fourth-order valence-electron chi connectivity index (χ4n) is 3.85. The maximum atomic E-state index is 13.2. The average Bonchev–Trinajstić information content (AvgIpc) is 2.86. The van der Waals surface area contributed by atoms with Gasteiger partial charge in [-0.1, -0.05) is 50.6 Å². The highest BCUT2D eigenvalue weighted by molar-refractivity contribution is 7.86. The normalized spacial score (nSPS) is 20.1. The number of alkyl carbamates (subject to hydrolysis) is 1. The second kappa shape index (κ2) is 11.8. The Morgan fingerprint density at radius 2 is 1.64 bits per heavy atom. The number of hydrogen-bond acceptors (Lipinski definition) is 6. The largest absolute Gasteiger partial charge is 0.445 e. The topological polar surface area (TPSA) is 108 Å². The van der Waals surface area contributed by atoms with E-state index in [1.165, 1.54) is 8.61 Å². The average molecular weight is 483 g/mol. The summed E-state index contributed by atoms with van der Waals surface area (Å²) >= 11 is 0. The highest BCUT2D eigenvalue weighted by Gasteiger charge is 2.37. The summed E-state index contributed by atoms with van der Waals surface area (Å²) in [5, 5.41) is 2.72. The summed E-state index contributed by atoms with van der Waals surface area (Å²) in [6, 6.07) is 8.58. The van der Waals surface area contributed by atoms with Gasteiger partial charge in [-0.25, -0.2) is 4.79 Å². The number of morpholine rings is 1. The third-order valence-corrected chi connectivity index (χ3v) is 8.17. The van der Waals surface area contributed by atoms with Crippen LogP contribution in [0.2, 0.25) is 0 Å². The first kappa shape index (κ1) is 25.4. The van der Waals surface area contributed by atoms with E-state index < -0.39 is 22.3 Å². The molecule has 2 fully saturated rings. The van der Waals surface area contributed by atoms with E-state index in [4.69, 9.17) is 9.47 Å². The molecule has 0 saturated carbocycles. The van der Waals surface area contributed by atoms with Crippen molar-refractivity contribution < 1.29 is 27.5 Å². The highest BCUT2D eigenvalue weighted by atomic mass is 32.2. The number of nitrogens with one attached hydrogen (secondary N) is 1. The molecule has 2 aliphatic rings. The molecule has 2 heterocycles. The van der Waals surface area contributed by atoms with Gasteiger partial charge in [0.15, 0.2) is 0 Å². The molecule has 2 saturated heterocycles. The van der Waals surface area contributed by atoms with Crippen LogP contribution in [0.3, 0.4) is 0 Å². The van der Waals surface area contributed by atoms with Crippen LogP contribution in [0.15, 0.2) is 30.3 Å². The van der Waals surface area contributed by atoms with Crippen molar-refractivity contribution in [2.24, 2.45) is 5.92 Å². The second-order valence-corrected chi connectivity index (χ2v) is 10.2. The van der Waals surface area contributed by atoms with Crippen LogP contribution in [0, 0.1) is 5.92 Å². The number of nitrogens with zero attached hydrogens (tertiary/aromatic N) is 3.